The van der Waals surface area contributed by atoms with Crippen LogP contribution in [0, 0.1) is 11.1 Å². The highest BCUT2D eigenvalue weighted by Gasteiger charge is 2.36. The Morgan fingerprint density at radius 2 is 1.77 bits per heavy atom. The van der Waals surface area contributed by atoms with Crippen LogP contribution in [0.3, 0.4) is 0 Å². The lowest BCUT2D eigenvalue weighted by Gasteiger charge is -2.23. The number of ether oxygens (including phenoxy) is 2. The van der Waals surface area contributed by atoms with Crippen LogP contribution in [-0.2, 0) is 19.4 Å². The Morgan fingerprint density at radius 1 is 1.07 bits per heavy atom. The first kappa shape index (κ1) is 28.5. The number of carbonyl (C=O) groups is 3. The number of sulfone groups is 1. The number of phenolic OH excluding ortho intramolecular Hbond substituents is 1. The summed E-state index contributed by atoms with van der Waals surface area (Å²) in [7, 11) is -4.23. The maximum Gasteiger partial charge on any atom is 0.414 e. The molecule has 210 valence electrons. The number of benzene rings is 2. The molecule has 13 heteroatoms. The van der Waals surface area contributed by atoms with Gasteiger partial charge in [-0.1, -0.05) is 37.3 Å². The molecular weight excluding hydrogens is 544 g/mol. The van der Waals surface area contributed by atoms with Gasteiger partial charge in [0.05, 0.1) is 35.3 Å². The fourth-order valence-electron chi connectivity index (χ4n) is 4.40. The third-order valence-electron chi connectivity index (χ3n) is 6.36. The summed E-state index contributed by atoms with van der Waals surface area (Å²) in [4.78, 5) is 37.8. The van der Waals surface area contributed by atoms with Crippen molar-refractivity contribution in [3.8, 4) is 11.6 Å². The number of esters is 1. The molecule has 2 aromatic carbocycles. The zero-order chi connectivity index (χ0) is 29.0. The molecule has 0 spiro atoms. The zero-order valence-electron chi connectivity index (χ0n) is 21.7. The Morgan fingerprint density at radius 3 is 2.50 bits per heavy atom. The Bertz CT molecular complexity index is 1590. The number of Topliss-reactive ketones (excluding diaryl/α,β-unsaturated/α-hetero) is 2. The van der Waals surface area contributed by atoms with Crippen molar-refractivity contribution in [1.29, 1.82) is 0 Å². The van der Waals surface area contributed by atoms with E-state index in [-0.39, 0.29) is 63.2 Å². The van der Waals surface area contributed by atoms with Crippen molar-refractivity contribution in [3.05, 3.63) is 76.0 Å². The van der Waals surface area contributed by atoms with Crippen molar-refractivity contribution in [2.75, 3.05) is 13.2 Å². The largest absolute Gasteiger partial charge is 0.507 e. The Kier molecular flexibility index (Phi) is 8.33. The number of ketones is 2. The number of hydrogen-bond acceptors (Lipinski definition) is 11. The summed E-state index contributed by atoms with van der Waals surface area (Å²) in [6.07, 6.45) is 0.511. The number of rotatable bonds is 11. The van der Waals surface area contributed by atoms with Gasteiger partial charge < -0.3 is 19.8 Å². The number of nitrogens with zero attached hydrogens (tertiary/aromatic N) is 2. The van der Waals surface area contributed by atoms with Gasteiger partial charge in [0.1, 0.15) is 5.75 Å². The van der Waals surface area contributed by atoms with Crippen LogP contribution < -0.4 is 9.64 Å². The lowest BCUT2D eigenvalue weighted by atomic mass is 9.78. The number of unbranched alkanes of at least 4 members (excludes halogenated alkanes) is 1. The van der Waals surface area contributed by atoms with Crippen molar-refractivity contribution in [1.82, 2.24) is 5.16 Å². The molecule has 1 unspecified atom stereocenters. The van der Waals surface area contributed by atoms with Crippen LogP contribution in [0.1, 0.15) is 53.8 Å². The van der Waals surface area contributed by atoms with E-state index in [4.69, 9.17) is 9.47 Å². The number of phenols is 1. The Balaban J connectivity index is 1.27. The second-order valence-electron chi connectivity index (χ2n) is 9.13. The SMILES string of the molecule is CC1=C(C(C)CC(=O)OCCCCOc2no[n+]([O-])c2S(=O)(=O)c2ccccc2)C(=O)c2c(O)cccc2C1=O. The van der Waals surface area contributed by atoms with E-state index in [9.17, 15) is 33.1 Å². The molecule has 12 nitrogen and oxygen atoms in total. The summed E-state index contributed by atoms with van der Waals surface area (Å²) in [5, 5.41) is 24.7. The normalized spacial score (nSPS) is 14.2. The minimum atomic E-state index is -4.23. The molecule has 0 amide bonds. The molecule has 1 aromatic heterocycles. The van der Waals surface area contributed by atoms with Crippen molar-refractivity contribution in [2.24, 2.45) is 5.92 Å². The van der Waals surface area contributed by atoms with Gasteiger partial charge in [0.25, 0.3) is 9.84 Å². The molecule has 0 fully saturated rings. The quantitative estimate of drug-likeness (QED) is 0.204. The van der Waals surface area contributed by atoms with Crippen LogP contribution in [0.15, 0.2) is 74.2 Å². The van der Waals surface area contributed by atoms with Crippen molar-refractivity contribution < 1.29 is 46.9 Å². The molecular formula is C27H26N2O10S. The molecule has 3 aromatic rings. The van der Waals surface area contributed by atoms with E-state index < -0.39 is 38.4 Å². The molecule has 1 N–H and O–H groups in total. The van der Waals surface area contributed by atoms with E-state index in [1.54, 1.807) is 13.0 Å². The molecule has 0 saturated carbocycles. The predicted octanol–water partition coefficient (Wildman–Crippen LogP) is 2.97. The monoisotopic (exact) mass is 570 g/mol. The minimum Gasteiger partial charge on any atom is -0.507 e. The summed E-state index contributed by atoms with van der Waals surface area (Å²) in [5.74, 6) is -2.86. The predicted molar refractivity (Wildman–Crippen MR) is 136 cm³/mol. The topological polar surface area (TPSA) is 177 Å². The summed E-state index contributed by atoms with van der Waals surface area (Å²) in [6, 6.07) is 11.6. The average Bonchev–Trinajstić information content (AvgIpc) is 3.30. The number of hydrogen-bond donors (Lipinski definition) is 1. The summed E-state index contributed by atoms with van der Waals surface area (Å²) in [5.41, 5.74) is 0.446. The van der Waals surface area contributed by atoms with Crippen molar-refractivity contribution in [2.45, 2.75) is 43.0 Å². The fraction of sp³-hybridized carbons (Fsp3) is 0.296. The second-order valence-corrected chi connectivity index (χ2v) is 11.0. The first-order valence-corrected chi connectivity index (χ1v) is 13.8. The van der Waals surface area contributed by atoms with E-state index in [0.29, 0.717) is 12.8 Å². The molecule has 0 bridgehead atoms. The number of fused-ring (bicyclic) bond motifs is 1. The fourth-order valence-corrected chi connectivity index (χ4v) is 5.70. The summed E-state index contributed by atoms with van der Waals surface area (Å²) in [6.45, 7) is 3.12. The van der Waals surface area contributed by atoms with Crippen molar-refractivity contribution in [3.63, 3.8) is 0 Å². The van der Waals surface area contributed by atoms with E-state index >= 15 is 0 Å². The maximum absolute atomic E-state index is 13.0. The lowest BCUT2D eigenvalue weighted by Crippen LogP contribution is -2.31. The van der Waals surface area contributed by atoms with Gasteiger partial charge in [-0.2, -0.15) is 0 Å². The average molecular weight is 571 g/mol. The van der Waals surface area contributed by atoms with Crippen LogP contribution in [-0.4, -0.2) is 49.4 Å². The molecule has 1 atom stereocenters. The number of allylic oxidation sites excluding steroid dienone is 2. The van der Waals surface area contributed by atoms with Gasteiger partial charge in [-0.05, 0) is 48.8 Å². The van der Waals surface area contributed by atoms with Crippen LogP contribution in [0.2, 0.25) is 0 Å². The zero-order valence-corrected chi connectivity index (χ0v) is 22.5. The van der Waals surface area contributed by atoms with Gasteiger partial charge in [0.15, 0.2) is 11.6 Å². The van der Waals surface area contributed by atoms with E-state index in [1.165, 1.54) is 49.4 Å². The molecule has 1 aliphatic rings. The molecule has 4 rings (SSSR count). The Labute approximate surface area is 229 Å². The third-order valence-corrected chi connectivity index (χ3v) is 8.09. The highest BCUT2D eigenvalue weighted by atomic mass is 32.2. The molecule has 1 heterocycles. The number of carbonyl (C=O) groups excluding carboxylic acids is 3. The van der Waals surface area contributed by atoms with Gasteiger partial charge in [0.2, 0.25) is 0 Å². The van der Waals surface area contributed by atoms with Crippen LogP contribution in [0.25, 0.3) is 0 Å². The van der Waals surface area contributed by atoms with Gasteiger partial charge in [0, 0.05) is 16.7 Å². The summed E-state index contributed by atoms with van der Waals surface area (Å²) >= 11 is 0. The minimum absolute atomic E-state index is 0.0129. The second kappa shape index (κ2) is 11.7. The first-order chi connectivity index (χ1) is 19.0. The van der Waals surface area contributed by atoms with Gasteiger partial charge >= 0.3 is 16.9 Å². The lowest BCUT2D eigenvalue weighted by molar-refractivity contribution is -0.832. The van der Waals surface area contributed by atoms with Gasteiger partial charge in [-0.3, -0.25) is 19.0 Å². The van der Waals surface area contributed by atoms with E-state index in [0.717, 1.165) is 0 Å². The van der Waals surface area contributed by atoms with Crippen LogP contribution >= 0.6 is 0 Å². The highest BCUT2D eigenvalue weighted by Crippen LogP contribution is 2.35. The Hall–Kier alpha value is -4.52. The van der Waals surface area contributed by atoms with E-state index in [1.807, 2.05) is 0 Å². The van der Waals surface area contributed by atoms with Crippen LogP contribution in [0.5, 0.6) is 11.6 Å². The van der Waals surface area contributed by atoms with Crippen molar-refractivity contribution >= 4 is 27.4 Å². The van der Waals surface area contributed by atoms with Crippen LogP contribution in [0.4, 0.5) is 0 Å². The van der Waals surface area contributed by atoms with Gasteiger partial charge in [-0.15, -0.1) is 0 Å². The van der Waals surface area contributed by atoms with Gasteiger partial charge in [-0.25, -0.2) is 8.42 Å². The smallest absolute Gasteiger partial charge is 0.414 e. The summed E-state index contributed by atoms with van der Waals surface area (Å²) < 4.78 is 40.6. The third kappa shape index (κ3) is 5.59. The first-order valence-electron chi connectivity index (χ1n) is 12.3. The maximum atomic E-state index is 13.0. The van der Waals surface area contributed by atoms with E-state index in [2.05, 4.69) is 9.79 Å². The number of aromatic nitrogens is 2. The molecule has 0 radical (unpaired) electrons. The molecule has 1 aliphatic carbocycles. The standard InChI is InChI=1S/C27H26N2O10S/c1-16(22-17(2)24(32)19-11-8-12-20(30)23(19)25(22)33)15-21(31)37-13-6-7-14-38-26-27(29(34)39-28-26)40(35,36)18-9-4-3-5-10-18/h3-5,8-12,16,30H,6-7,13-15H2,1-2H3. The number of aromatic hydroxyl groups is 1. The molecule has 0 saturated heterocycles. The molecule has 0 aliphatic heterocycles. The highest BCUT2D eigenvalue weighted by molar-refractivity contribution is 7.91. The molecule has 40 heavy (non-hydrogen) atoms.